The molecule has 1 amide bonds. The summed E-state index contributed by atoms with van der Waals surface area (Å²) < 4.78 is 0. The van der Waals surface area contributed by atoms with Crippen molar-refractivity contribution >= 4 is 34.5 Å². The summed E-state index contributed by atoms with van der Waals surface area (Å²) in [6.07, 6.45) is 0. The summed E-state index contributed by atoms with van der Waals surface area (Å²) in [5, 5.41) is 6.65. The summed E-state index contributed by atoms with van der Waals surface area (Å²) in [5.41, 5.74) is 5.06. The van der Waals surface area contributed by atoms with Gasteiger partial charge in [0.1, 0.15) is 17.2 Å². The van der Waals surface area contributed by atoms with E-state index in [0.717, 1.165) is 32.4 Å². The second-order valence-electron chi connectivity index (χ2n) is 6.73. The van der Waals surface area contributed by atoms with Crippen LogP contribution < -0.4 is 10.2 Å². The minimum atomic E-state index is 0.00255. The Balaban J connectivity index is 1.59. The van der Waals surface area contributed by atoms with Crippen LogP contribution in [0.25, 0.3) is 10.6 Å². The Morgan fingerprint density at radius 1 is 1.19 bits per heavy atom. The van der Waals surface area contributed by atoms with Crippen LogP contribution in [0.2, 0.25) is 5.02 Å². The average molecular weight is 401 g/mol. The van der Waals surface area contributed by atoms with Crippen molar-refractivity contribution in [3.63, 3.8) is 0 Å². The Morgan fingerprint density at radius 2 is 1.96 bits per heavy atom. The molecule has 2 N–H and O–H groups in total. The number of aryl methyl sites for hydroxylation is 1. The number of hydrogen-bond donors (Lipinski definition) is 2. The number of nitrogens with zero attached hydrogens (tertiary/aromatic N) is 1. The molecular weight excluding hydrogens is 378 g/mol. The molecule has 140 valence electrons. The molecule has 2 aromatic carbocycles. The van der Waals surface area contributed by atoms with Crippen LogP contribution in [0.5, 0.6) is 0 Å². The number of anilines is 1. The number of hydrogen-bond acceptors (Lipinski definition) is 3. The van der Waals surface area contributed by atoms with Crippen molar-refractivity contribution in [3.8, 4) is 10.6 Å². The van der Waals surface area contributed by atoms with Crippen LogP contribution in [-0.4, -0.2) is 24.5 Å². The molecule has 1 unspecified atom stereocenters. The lowest BCUT2D eigenvalue weighted by Gasteiger charge is -2.14. The van der Waals surface area contributed by atoms with Crippen LogP contribution in [0.1, 0.15) is 16.8 Å². The summed E-state index contributed by atoms with van der Waals surface area (Å²) >= 11 is 7.83. The summed E-state index contributed by atoms with van der Waals surface area (Å²) in [4.78, 5) is 18.1. The lowest BCUT2D eigenvalue weighted by atomic mass is 10.1. The van der Waals surface area contributed by atoms with Crippen molar-refractivity contribution in [2.24, 2.45) is 0 Å². The van der Waals surface area contributed by atoms with E-state index < -0.39 is 0 Å². The van der Waals surface area contributed by atoms with Crippen molar-refractivity contribution in [1.82, 2.24) is 4.98 Å². The van der Waals surface area contributed by atoms with Crippen molar-refractivity contribution in [2.45, 2.75) is 20.4 Å². The van der Waals surface area contributed by atoms with Gasteiger partial charge in [-0.2, -0.15) is 0 Å². The second-order valence-corrected chi connectivity index (χ2v) is 8.00. The van der Waals surface area contributed by atoms with Gasteiger partial charge in [-0.25, -0.2) is 4.98 Å². The molecule has 0 fully saturated rings. The summed E-state index contributed by atoms with van der Waals surface area (Å²) in [6, 6.07) is 13.6. The van der Waals surface area contributed by atoms with Gasteiger partial charge in [-0.1, -0.05) is 41.9 Å². The third-order valence-corrected chi connectivity index (χ3v) is 5.73. The third kappa shape index (κ3) is 4.95. The lowest BCUT2D eigenvalue weighted by molar-refractivity contribution is -0.885. The van der Waals surface area contributed by atoms with E-state index in [1.807, 2.05) is 68.7 Å². The summed E-state index contributed by atoms with van der Waals surface area (Å²) in [7, 11) is 2.00. The Kier molecular flexibility index (Phi) is 6.26. The maximum absolute atomic E-state index is 12.4. The predicted molar refractivity (Wildman–Crippen MR) is 113 cm³/mol. The van der Waals surface area contributed by atoms with E-state index in [9.17, 15) is 4.79 Å². The molecule has 0 saturated carbocycles. The molecule has 0 aliphatic carbocycles. The Morgan fingerprint density at radius 3 is 2.74 bits per heavy atom. The topological polar surface area (TPSA) is 46.4 Å². The molecule has 0 aliphatic heterocycles. The second kappa shape index (κ2) is 8.65. The molecule has 0 spiro atoms. The minimum Gasteiger partial charge on any atom is -0.325 e. The fraction of sp³-hybridized carbons (Fsp3) is 0.238. The SMILES string of the molecule is Cc1cccc(NC(=O)C[NH+](C)Cc2csc(-c3ccccc3Cl)n2)c1C. The molecule has 4 nitrogen and oxygen atoms in total. The number of carbonyl (C=O) groups is 1. The third-order valence-electron chi connectivity index (χ3n) is 4.48. The Bertz CT molecular complexity index is 954. The van der Waals surface area contributed by atoms with Crippen LogP contribution in [0.4, 0.5) is 5.69 Å². The van der Waals surface area contributed by atoms with E-state index in [2.05, 4.69) is 10.3 Å². The smallest absolute Gasteiger partial charge is 0.279 e. The predicted octanol–water partition coefficient (Wildman–Crippen LogP) is 3.73. The first kappa shape index (κ1) is 19.5. The number of halogens is 1. The Labute approximate surface area is 168 Å². The molecule has 1 atom stereocenters. The molecule has 3 rings (SSSR count). The average Bonchev–Trinajstić information content (AvgIpc) is 3.07. The first-order valence-electron chi connectivity index (χ1n) is 8.80. The molecule has 1 heterocycles. The first-order valence-corrected chi connectivity index (χ1v) is 10.1. The van der Waals surface area contributed by atoms with Crippen LogP contribution in [0, 0.1) is 13.8 Å². The minimum absolute atomic E-state index is 0.00255. The van der Waals surface area contributed by atoms with E-state index in [-0.39, 0.29) is 5.91 Å². The Hall–Kier alpha value is -2.21. The van der Waals surface area contributed by atoms with Crippen molar-refractivity contribution < 1.29 is 9.69 Å². The van der Waals surface area contributed by atoms with Gasteiger partial charge in [-0.05, 0) is 37.1 Å². The highest BCUT2D eigenvalue weighted by molar-refractivity contribution is 7.13. The van der Waals surface area contributed by atoms with Gasteiger partial charge in [-0.15, -0.1) is 11.3 Å². The highest BCUT2D eigenvalue weighted by atomic mass is 35.5. The maximum atomic E-state index is 12.4. The van der Waals surface area contributed by atoms with Gasteiger partial charge in [-0.3, -0.25) is 4.79 Å². The van der Waals surface area contributed by atoms with Gasteiger partial charge in [0.25, 0.3) is 5.91 Å². The number of benzene rings is 2. The highest BCUT2D eigenvalue weighted by Crippen LogP contribution is 2.29. The van der Waals surface area contributed by atoms with E-state index >= 15 is 0 Å². The molecule has 6 heteroatoms. The lowest BCUT2D eigenvalue weighted by Crippen LogP contribution is -3.08. The number of thiazole rings is 1. The number of carbonyl (C=O) groups excluding carboxylic acids is 1. The molecule has 0 aliphatic rings. The van der Waals surface area contributed by atoms with Gasteiger partial charge in [0, 0.05) is 16.6 Å². The van der Waals surface area contributed by atoms with Gasteiger partial charge in [0.05, 0.1) is 12.1 Å². The largest absolute Gasteiger partial charge is 0.325 e. The van der Waals surface area contributed by atoms with E-state index in [4.69, 9.17) is 11.6 Å². The normalized spacial score (nSPS) is 12.0. The number of nitrogens with one attached hydrogen (secondary N) is 2. The molecule has 0 saturated heterocycles. The van der Waals surface area contributed by atoms with Crippen molar-refractivity contribution in [2.75, 3.05) is 18.9 Å². The molecule has 0 radical (unpaired) electrons. The maximum Gasteiger partial charge on any atom is 0.279 e. The molecule has 0 bridgehead atoms. The molecule has 1 aromatic heterocycles. The van der Waals surface area contributed by atoms with Gasteiger partial charge >= 0.3 is 0 Å². The number of quaternary nitrogens is 1. The number of aromatic nitrogens is 1. The van der Waals surface area contributed by atoms with Crippen molar-refractivity contribution in [3.05, 3.63) is 69.7 Å². The highest BCUT2D eigenvalue weighted by Gasteiger charge is 2.15. The number of amides is 1. The zero-order chi connectivity index (χ0) is 19.4. The fourth-order valence-electron chi connectivity index (χ4n) is 2.87. The van der Waals surface area contributed by atoms with Crippen LogP contribution in [0.15, 0.2) is 47.8 Å². The van der Waals surface area contributed by atoms with Gasteiger partial charge in [0.15, 0.2) is 6.54 Å². The fourth-order valence-corrected chi connectivity index (χ4v) is 4.01. The van der Waals surface area contributed by atoms with Crippen LogP contribution in [-0.2, 0) is 11.3 Å². The first-order chi connectivity index (χ1) is 12.9. The standard InChI is InChI=1S/C21H22ClN3OS/c1-14-7-6-10-19(15(14)2)24-20(26)12-25(3)11-16-13-27-21(23-16)17-8-4-5-9-18(17)22/h4-10,13H,11-12H2,1-3H3,(H,24,26)/p+1. The van der Waals surface area contributed by atoms with Crippen LogP contribution >= 0.6 is 22.9 Å². The van der Waals surface area contributed by atoms with E-state index in [1.165, 1.54) is 5.56 Å². The molecular formula is C21H23ClN3OS+. The zero-order valence-corrected chi connectivity index (χ0v) is 17.2. The monoisotopic (exact) mass is 400 g/mol. The quantitative estimate of drug-likeness (QED) is 0.662. The molecule has 3 aromatic rings. The molecule has 27 heavy (non-hydrogen) atoms. The summed E-state index contributed by atoms with van der Waals surface area (Å²) in [6.45, 7) is 5.13. The summed E-state index contributed by atoms with van der Waals surface area (Å²) in [5.74, 6) is 0.00255. The van der Waals surface area contributed by atoms with Crippen LogP contribution in [0.3, 0.4) is 0 Å². The van der Waals surface area contributed by atoms with Crippen molar-refractivity contribution in [1.29, 1.82) is 0 Å². The van der Waals surface area contributed by atoms with Gasteiger partial charge in [0.2, 0.25) is 0 Å². The zero-order valence-electron chi connectivity index (χ0n) is 15.7. The van der Waals surface area contributed by atoms with Gasteiger partial charge < -0.3 is 10.2 Å². The number of rotatable bonds is 6. The van der Waals surface area contributed by atoms with E-state index in [0.29, 0.717) is 18.1 Å². The van der Waals surface area contributed by atoms with E-state index in [1.54, 1.807) is 11.3 Å². The number of likely N-dealkylation sites (N-methyl/N-ethyl adjacent to an activating group) is 1.